The van der Waals surface area contributed by atoms with Gasteiger partial charge in [0.15, 0.2) is 9.84 Å². The molecule has 1 heterocycles. The molecule has 6 heteroatoms. The summed E-state index contributed by atoms with van der Waals surface area (Å²) in [6, 6.07) is 0. The van der Waals surface area contributed by atoms with Crippen molar-refractivity contribution >= 4 is 21.2 Å². The van der Waals surface area contributed by atoms with Gasteiger partial charge in [-0.15, -0.1) is 11.3 Å². The first-order valence-corrected chi connectivity index (χ1v) is 7.27. The van der Waals surface area contributed by atoms with Crippen LogP contribution in [0.25, 0.3) is 0 Å². The molecule has 0 amide bonds. The normalized spacial score (nSPS) is 11.9. The van der Waals surface area contributed by atoms with E-state index in [4.69, 9.17) is 0 Å². The van der Waals surface area contributed by atoms with Crippen molar-refractivity contribution in [1.82, 2.24) is 10.3 Å². The van der Waals surface area contributed by atoms with Gasteiger partial charge < -0.3 is 5.32 Å². The van der Waals surface area contributed by atoms with Crippen LogP contribution in [0.5, 0.6) is 0 Å². The molecular formula is C8H14N2O2S2. The molecule has 1 N–H and O–H groups in total. The maximum atomic E-state index is 11.0. The van der Waals surface area contributed by atoms with Crippen molar-refractivity contribution in [3.05, 3.63) is 16.1 Å². The lowest BCUT2D eigenvalue weighted by molar-refractivity contribution is 0.601. The van der Waals surface area contributed by atoms with Crippen molar-refractivity contribution < 1.29 is 8.42 Å². The van der Waals surface area contributed by atoms with Crippen molar-refractivity contribution in [3.8, 4) is 0 Å². The predicted molar refractivity (Wildman–Crippen MR) is 58.0 cm³/mol. The second-order valence-corrected chi connectivity index (χ2v) is 6.17. The molecule has 0 spiro atoms. The molecular weight excluding hydrogens is 220 g/mol. The Balaban J connectivity index is 2.59. The van der Waals surface area contributed by atoms with Gasteiger partial charge in [-0.3, -0.25) is 0 Å². The Morgan fingerprint density at radius 1 is 1.57 bits per heavy atom. The van der Waals surface area contributed by atoms with E-state index < -0.39 is 9.84 Å². The van der Waals surface area contributed by atoms with E-state index in [1.165, 1.54) is 17.6 Å². The lowest BCUT2D eigenvalue weighted by Gasteiger charge is -1.95. The molecule has 0 aliphatic carbocycles. The van der Waals surface area contributed by atoms with Crippen LogP contribution < -0.4 is 5.32 Å². The lowest BCUT2D eigenvalue weighted by Crippen LogP contribution is -2.12. The fourth-order valence-corrected chi connectivity index (χ4v) is 2.98. The zero-order valence-corrected chi connectivity index (χ0v) is 9.91. The molecule has 1 aromatic rings. The van der Waals surface area contributed by atoms with Gasteiger partial charge in [0, 0.05) is 18.2 Å². The first-order chi connectivity index (χ1) is 6.51. The number of nitrogens with one attached hydrogen (secondary N) is 1. The lowest BCUT2D eigenvalue weighted by atomic mass is 10.5. The van der Waals surface area contributed by atoms with Crippen LogP contribution in [0.3, 0.4) is 0 Å². The quantitative estimate of drug-likeness (QED) is 0.818. The second-order valence-electron chi connectivity index (χ2n) is 3.08. The van der Waals surface area contributed by atoms with Crippen LogP contribution in [0.4, 0.5) is 0 Å². The number of rotatable bonds is 5. The third kappa shape index (κ3) is 4.17. The molecule has 1 rings (SSSR count). The molecule has 0 unspecified atom stereocenters. The van der Waals surface area contributed by atoms with Crippen molar-refractivity contribution in [2.75, 3.05) is 12.8 Å². The van der Waals surface area contributed by atoms with Gasteiger partial charge in [-0.05, 0) is 6.54 Å². The Hall–Kier alpha value is -0.460. The van der Waals surface area contributed by atoms with Crippen LogP contribution in [0, 0.1) is 0 Å². The molecule has 0 aromatic carbocycles. The van der Waals surface area contributed by atoms with Crippen LogP contribution in [0.2, 0.25) is 0 Å². The monoisotopic (exact) mass is 234 g/mol. The fourth-order valence-electron chi connectivity index (χ4n) is 0.974. The average molecular weight is 234 g/mol. The van der Waals surface area contributed by atoms with Gasteiger partial charge in [-0.2, -0.15) is 0 Å². The van der Waals surface area contributed by atoms with Crippen LogP contribution in [0.1, 0.15) is 17.6 Å². The number of thiazole rings is 1. The zero-order valence-electron chi connectivity index (χ0n) is 8.28. The van der Waals surface area contributed by atoms with E-state index in [0.717, 1.165) is 12.2 Å². The first kappa shape index (κ1) is 11.6. The summed E-state index contributed by atoms with van der Waals surface area (Å²) in [7, 11) is -2.96. The number of aromatic nitrogens is 1. The molecule has 0 aliphatic heterocycles. The molecule has 80 valence electrons. The van der Waals surface area contributed by atoms with E-state index in [9.17, 15) is 8.42 Å². The Morgan fingerprint density at radius 2 is 2.29 bits per heavy atom. The molecule has 0 atom stereocenters. The molecule has 4 nitrogen and oxygen atoms in total. The van der Waals surface area contributed by atoms with Crippen molar-refractivity contribution in [1.29, 1.82) is 0 Å². The van der Waals surface area contributed by atoms with Gasteiger partial charge in [-0.1, -0.05) is 6.92 Å². The van der Waals surface area contributed by atoms with E-state index in [0.29, 0.717) is 11.6 Å². The predicted octanol–water partition coefficient (Wildman–Crippen LogP) is 0.797. The Morgan fingerprint density at radius 3 is 2.86 bits per heavy atom. The van der Waals surface area contributed by atoms with E-state index in [-0.39, 0.29) is 5.75 Å². The number of hydrogen-bond acceptors (Lipinski definition) is 5. The minimum absolute atomic E-state index is 0.0454. The summed E-state index contributed by atoms with van der Waals surface area (Å²) in [5, 5.41) is 5.69. The Bertz CT molecular complexity index is 384. The third-order valence-electron chi connectivity index (χ3n) is 1.54. The summed E-state index contributed by atoms with van der Waals surface area (Å²) in [5.41, 5.74) is 0.913. The summed E-state index contributed by atoms with van der Waals surface area (Å²) in [4.78, 5) is 4.21. The van der Waals surface area contributed by atoms with Crippen LogP contribution >= 0.6 is 11.3 Å². The molecule has 0 bridgehead atoms. The minimum atomic E-state index is -2.96. The zero-order chi connectivity index (χ0) is 10.6. The molecule has 0 radical (unpaired) electrons. The summed E-state index contributed by atoms with van der Waals surface area (Å²) in [5.74, 6) is 0.0454. The van der Waals surface area contributed by atoms with E-state index >= 15 is 0 Å². The molecule has 0 saturated carbocycles. The number of sulfone groups is 1. The summed E-state index contributed by atoms with van der Waals surface area (Å²) >= 11 is 1.40. The van der Waals surface area contributed by atoms with E-state index in [1.807, 2.05) is 12.3 Å². The standard InChI is InChI=1S/C8H14N2O2S2/c1-3-9-4-7-5-13-8(10-7)6-14(2,11)12/h5,9H,3-4,6H2,1-2H3. The number of hydrogen-bond donors (Lipinski definition) is 1. The number of nitrogens with zero attached hydrogens (tertiary/aromatic N) is 1. The fraction of sp³-hybridized carbons (Fsp3) is 0.625. The topological polar surface area (TPSA) is 59.1 Å². The smallest absolute Gasteiger partial charge is 0.153 e. The molecule has 1 aromatic heterocycles. The molecule has 0 fully saturated rings. The van der Waals surface area contributed by atoms with Crippen LogP contribution in [-0.2, 0) is 22.1 Å². The van der Waals surface area contributed by atoms with E-state index in [2.05, 4.69) is 10.3 Å². The molecule has 14 heavy (non-hydrogen) atoms. The van der Waals surface area contributed by atoms with Crippen LogP contribution in [0.15, 0.2) is 5.38 Å². The highest BCUT2D eigenvalue weighted by atomic mass is 32.2. The van der Waals surface area contributed by atoms with E-state index in [1.54, 1.807) is 0 Å². The SMILES string of the molecule is CCNCc1csc(CS(C)(=O)=O)n1. The van der Waals surface area contributed by atoms with Gasteiger partial charge >= 0.3 is 0 Å². The average Bonchev–Trinajstić information content (AvgIpc) is 2.46. The van der Waals surface area contributed by atoms with Gasteiger partial charge in [0.1, 0.15) is 10.8 Å². The van der Waals surface area contributed by atoms with Gasteiger partial charge in [0.2, 0.25) is 0 Å². The highest BCUT2D eigenvalue weighted by molar-refractivity contribution is 7.90. The first-order valence-electron chi connectivity index (χ1n) is 4.33. The van der Waals surface area contributed by atoms with Crippen molar-refractivity contribution in [2.45, 2.75) is 19.2 Å². The van der Waals surface area contributed by atoms with Crippen molar-refractivity contribution in [3.63, 3.8) is 0 Å². The largest absolute Gasteiger partial charge is 0.311 e. The highest BCUT2D eigenvalue weighted by Gasteiger charge is 2.08. The summed E-state index contributed by atoms with van der Waals surface area (Å²) in [6.45, 7) is 3.61. The van der Waals surface area contributed by atoms with Crippen LogP contribution in [-0.4, -0.2) is 26.2 Å². The summed E-state index contributed by atoms with van der Waals surface area (Å²) in [6.07, 6.45) is 1.22. The Kier molecular flexibility index (Phi) is 4.03. The minimum Gasteiger partial charge on any atom is -0.311 e. The molecule has 0 saturated heterocycles. The van der Waals surface area contributed by atoms with Crippen molar-refractivity contribution in [2.24, 2.45) is 0 Å². The van der Waals surface area contributed by atoms with Gasteiger partial charge in [0.25, 0.3) is 0 Å². The van der Waals surface area contributed by atoms with Gasteiger partial charge in [0.05, 0.1) is 5.69 Å². The van der Waals surface area contributed by atoms with Gasteiger partial charge in [-0.25, -0.2) is 13.4 Å². The highest BCUT2D eigenvalue weighted by Crippen LogP contribution is 2.12. The third-order valence-corrected chi connectivity index (χ3v) is 3.42. The maximum absolute atomic E-state index is 11.0. The molecule has 0 aliphatic rings. The Labute approximate surface area is 88.3 Å². The second kappa shape index (κ2) is 4.86. The maximum Gasteiger partial charge on any atom is 0.153 e. The summed E-state index contributed by atoms with van der Waals surface area (Å²) < 4.78 is 21.9.